The van der Waals surface area contributed by atoms with Crippen molar-refractivity contribution in [3.8, 4) is 0 Å². The standard InChI is InChI=1S/C17H23BFNO3/c1-16(2)17(3,4)23-18(22-16)12-8-13(19)10-14(9-12)20-15(21)11-6-5-7-11/h8-11H,5-7H2,1-4H3,(H,20,21). The van der Waals surface area contributed by atoms with E-state index in [9.17, 15) is 9.18 Å². The highest BCUT2D eigenvalue weighted by molar-refractivity contribution is 6.62. The highest BCUT2D eigenvalue weighted by atomic mass is 19.1. The lowest BCUT2D eigenvalue weighted by molar-refractivity contribution is -0.122. The van der Waals surface area contributed by atoms with Crippen molar-refractivity contribution in [3.05, 3.63) is 24.0 Å². The molecule has 1 saturated heterocycles. The number of halogens is 1. The van der Waals surface area contributed by atoms with Crippen LogP contribution in [0.2, 0.25) is 0 Å². The zero-order valence-corrected chi connectivity index (χ0v) is 14.1. The fourth-order valence-corrected chi connectivity index (χ4v) is 2.71. The van der Waals surface area contributed by atoms with Gasteiger partial charge >= 0.3 is 7.12 Å². The molecule has 6 heteroatoms. The first kappa shape index (κ1) is 16.5. The number of carbonyl (C=O) groups excluding carboxylic acids is 1. The number of nitrogens with one attached hydrogen (secondary N) is 1. The summed E-state index contributed by atoms with van der Waals surface area (Å²) in [7, 11) is -0.643. The van der Waals surface area contributed by atoms with Crippen LogP contribution in [-0.4, -0.2) is 24.2 Å². The molecule has 1 saturated carbocycles. The minimum Gasteiger partial charge on any atom is -0.399 e. The van der Waals surface area contributed by atoms with E-state index in [1.165, 1.54) is 12.1 Å². The zero-order chi connectivity index (χ0) is 16.8. The molecule has 0 radical (unpaired) electrons. The number of hydrogen-bond donors (Lipinski definition) is 1. The van der Waals surface area contributed by atoms with Gasteiger partial charge in [-0.25, -0.2) is 4.39 Å². The van der Waals surface area contributed by atoms with Crippen molar-refractivity contribution in [2.75, 3.05) is 5.32 Å². The first-order valence-corrected chi connectivity index (χ1v) is 8.15. The van der Waals surface area contributed by atoms with Gasteiger partial charge in [0, 0.05) is 11.6 Å². The Morgan fingerprint density at radius 1 is 1.17 bits per heavy atom. The minimum absolute atomic E-state index is 0.0401. The molecule has 1 aromatic rings. The van der Waals surface area contributed by atoms with Gasteiger partial charge in [0.25, 0.3) is 0 Å². The molecule has 23 heavy (non-hydrogen) atoms. The highest BCUT2D eigenvalue weighted by Gasteiger charge is 2.51. The van der Waals surface area contributed by atoms with E-state index in [1.54, 1.807) is 6.07 Å². The maximum Gasteiger partial charge on any atom is 0.495 e. The molecule has 0 bridgehead atoms. The summed E-state index contributed by atoms with van der Waals surface area (Å²) in [5, 5.41) is 2.80. The van der Waals surface area contributed by atoms with E-state index < -0.39 is 24.1 Å². The Balaban J connectivity index is 1.79. The third-order valence-corrected chi connectivity index (χ3v) is 5.19. The Morgan fingerprint density at radius 3 is 2.30 bits per heavy atom. The lowest BCUT2D eigenvalue weighted by Gasteiger charge is -2.32. The molecule has 1 aromatic carbocycles. The molecule has 0 aromatic heterocycles. The second-order valence-corrected chi connectivity index (χ2v) is 7.48. The first-order valence-electron chi connectivity index (χ1n) is 8.15. The van der Waals surface area contributed by atoms with Crippen LogP contribution in [0.15, 0.2) is 18.2 Å². The average Bonchev–Trinajstić information content (AvgIpc) is 2.55. The first-order chi connectivity index (χ1) is 10.7. The van der Waals surface area contributed by atoms with Gasteiger partial charge in [0.05, 0.1) is 11.2 Å². The molecular weight excluding hydrogens is 296 g/mol. The van der Waals surface area contributed by atoms with Crippen LogP contribution in [0.4, 0.5) is 10.1 Å². The van der Waals surface area contributed by atoms with Crippen LogP contribution >= 0.6 is 0 Å². The highest BCUT2D eigenvalue weighted by Crippen LogP contribution is 2.36. The van der Waals surface area contributed by atoms with E-state index in [0.717, 1.165) is 19.3 Å². The van der Waals surface area contributed by atoms with Crippen LogP contribution in [0.1, 0.15) is 47.0 Å². The number of amides is 1. The normalized spacial score (nSPS) is 22.7. The van der Waals surface area contributed by atoms with Crippen molar-refractivity contribution in [2.24, 2.45) is 5.92 Å². The van der Waals surface area contributed by atoms with Gasteiger partial charge in [-0.15, -0.1) is 0 Å². The molecule has 1 aliphatic carbocycles. The largest absolute Gasteiger partial charge is 0.495 e. The van der Waals surface area contributed by atoms with Gasteiger partial charge in [-0.05, 0) is 64.2 Å². The lowest BCUT2D eigenvalue weighted by atomic mass is 9.78. The molecule has 1 aliphatic heterocycles. The van der Waals surface area contributed by atoms with Crippen molar-refractivity contribution in [3.63, 3.8) is 0 Å². The molecule has 3 rings (SSSR count). The van der Waals surface area contributed by atoms with Gasteiger partial charge in [-0.3, -0.25) is 4.79 Å². The van der Waals surface area contributed by atoms with Crippen molar-refractivity contribution in [1.29, 1.82) is 0 Å². The summed E-state index contributed by atoms with van der Waals surface area (Å²) >= 11 is 0. The molecule has 2 fully saturated rings. The molecule has 1 N–H and O–H groups in total. The molecule has 2 aliphatic rings. The predicted octanol–water partition coefficient (Wildman–Crippen LogP) is 2.86. The smallest absolute Gasteiger partial charge is 0.399 e. The Kier molecular flexibility index (Phi) is 4.01. The number of benzene rings is 1. The molecule has 1 heterocycles. The summed E-state index contributed by atoms with van der Waals surface area (Å²) in [5.74, 6) is -0.401. The fourth-order valence-electron chi connectivity index (χ4n) is 2.71. The number of hydrogen-bond acceptors (Lipinski definition) is 3. The van der Waals surface area contributed by atoms with Crippen LogP contribution in [-0.2, 0) is 14.1 Å². The van der Waals surface area contributed by atoms with Crippen molar-refractivity contribution in [1.82, 2.24) is 0 Å². The van der Waals surface area contributed by atoms with Gasteiger partial charge in [0.15, 0.2) is 0 Å². The molecule has 4 nitrogen and oxygen atoms in total. The zero-order valence-electron chi connectivity index (χ0n) is 14.1. The molecule has 1 amide bonds. The molecule has 124 valence electrons. The van der Waals surface area contributed by atoms with Crippen LogP contribution in [0, 0.1) is 11.7 Å². The van der Waals surface area contributed by atoms with Crippen LogP contribution in [0.5, 0.6) is 0 Å². The van der Waals surface area contributed by atoms with Crippen molar-refractivity contribution >= 4 is 24.2 Å². The average molecular weight is 319 g/mol. The van der Waals surface area contributed by atoms with Crippen LogP contribution in [0.3, 0.4) is 0 Å². The van der Waals surface area contributed by atoms with Gasteiger partial charge < -0.3 is 14.6 Å². The number of rotatable bonds is 3. The summed E-state index contributed by atoms with van der Waals surface area (Å²) in [6.07, 6.45) is 2.90. The maximum absolute atomic E-state index is 14.0. The Morgan fingerprint density at radius 2 is 1.78 bits per heavy atom. The van der Waals surface area contributed by atoms with E-state index >= 15 is 0 Å². The number of anilines is 1. The Labute approximate surface area is 136 Å². The molecule has 0 spiro atoms. The predicted molar refractivity (Wildman–Crippen MR) is 88.1 cm³/mol. The summed E-state index contributed by atoms with van der Waals surface area (Å²) in [6, 6.07) is 4.44. The van der Waals surface area contributed by atoms with E-state index in [-0.39, 0.29) is 11.8 Å². The third kappa shape index (κ3) is 3.15. The second-order valence-electron chi connectivity index (χ2n) is 7.48. The molecular formula is C17H23BFNO3. The minimum atomic E-state index is -0.643. The van der Waals surface area contributed by atoms with Crippen molar-refractivity contribution < 1.29 is 18.5 Å². The van der Waals surface area contributed by atoms with Crippen LogP contribution < -0.4 is 10.8 Å². The summed E-state index contributed by atoms with van der Waals surface area (Å²) in [5.41, 5.74) is 0.0535. The van der Waals surface area contributed by atoms with Gasteiger partial charge in [-0.1, -0.05) is 6.42 Å². The van der Waals surface area contributed by atoms with E-state index in [0.29, 0.717) is 11.2 Å². The van der Waals surface area contributed by atoms with E-state index in [2.05, 4.69) is 5.32 Å². The second kappa shape index (κ2) is 5.60. The van der Waals surface area contributed by atoms with E-state index in [1.807, 2.05) is 27.7 Å². The van der Waals surface area contributed by atoms with E-state index in [4.69, 9.17) is 9.31 Å². The maximum atomic E-state index is 14.0. The number of carbonyl (C=O) groups is 1. The lowest BCUT2D eigenvalue weighted by Crippen LogP contribution is -2.41. The topological polar surface area (TPSA) is 47.6 Å². The quantitative estimate of drug-likeness (QED) is 0.872. The summed E-state index contributed by atoms with van der Waals surface area (Å²) < 4.78 is 25.8. The van der Waals surface area contributed by atoms with Crippen molar-refractivity contribution in [2.45, 2.75) is 58.2 Å². The van der Waals surface area contributed by atoms with Gasteiger partial charge in [0.2, 0.25) is 5.91 Å². The van der Waals surface area contributed by atoms with Gasteiger partial charge in [0.1, 0.15) is 5.82 Å². The Bertz CT molecular complexity index is 612. The SMILES string of the molecule is CC1(C)OB(c2cc(F)cc(NC(=O)C3CCC3)c2)OC1(C)C. The fraction of sp³-hybridized carbons (Fsp3) is 0.588. The third-order valence-electron chi connectivity index (χ3n) is 5.19. The Hall–Kier alpha value is -1.40. The summed E-state index contributed by atoms with van der Waals surface area (Å²) in [4.78, 5) is 12.0. The molecule has 0 atom stereocenters. The van der Waals surface area contributed by atoms with Gasteiger partial charge in [-0.2, -0.15) is 0 Å². The monoisotopic (exact) mass is 319 g/mol. The van der Waals surface area contributed by atoms with Crippen LogP contribution in [0.25, 0.3) is 0 Å². The summed E-state index contributed by atoms with van der Waals surface area (Å²) in [6.45, 7) is 7.80. The molecule has 0 unspecified atom stereocenters.